The Morgan fingerprint density at radius 1 is 1.48 bits per heavy atom. The summed E-state index contributed by atoms with van der Waals surface area (Å²) in [5.74, 6) is 1.48. The molecule has 116 valence electrons. The van der Waals surface area contributed by atoms with Crippen LogP contribution in [0.25, 0.3) is 0 Å². The quantitative estimate of drug-likeness (QED) is 0.749. The lowest BCUT2D eigenvalue weighted by Crippen LogP contribution is -2.44. The summed E-state index contributed by atoms with van der Waals surface area (Å²) in [6.45, 7) is 1.47. The topological polar surface area (TPSA) is 67.6 Å². The van der Waals surface area contributed by atoms with E-state index in [1.807, 2.05) is 31.3 Å². The van der Waals surface area contributed by atoms with Gasteiger partial charge in [0.05, 0.1) is 13.7 Å². The average Bonchev–Trinajstić information content (AvgIpc) is 3.31. The van der Waals surface area contributed by atoms with Crippen LogP contribution < -0.4 is 15.8 Å². The van der Waals surface area contributed by atoms with Crippen molar-refractivity contribution in [2.75, 3.05) is 27.2 Å². The van der Waals surface area contributed by atoms with E-state index in [1.54, 1.807) is 7.11 Å². The summed E-state index contributed by atoms with van der Waals surface area (Å²) in [5, 5.41) is 2.94. The lowest BCUT2D eigenvalue weighted by molar-refractivity contribution is -0.122. The van der Waals surface area contributed by atoms with Crippen LogP contribution in [0.3, 0.4) is 0 Å². The van der Waals surface area contributed by atoms with E-state index in [4.69, 9.17) is 10.5 Å². The lowest BCUT2D eigenvalue weighted by atomic mass is 10.1. The molecule has 0 bridgehead atoms. The molecule has 1 amide bonds. The fourth-order valence-corrected chi connectivity index (χ4v) is 2.66. The van der Waals surface area contributed by atoms with E-state index in [0.29, 0.717) is 31.6 Å². The number of methoxy groups -OCH3 is 1. The Kier molecular flexibility index (Phi) is 5.59. The van der Waals surface area contributed by atoms with Crippen LogP contribution in [0.4, 0.5) is 0 Å². The van der Waals surface area contributed by atoms with Crippen molar-refractivity contribution in [2.24, 2.45) is 11.7 Å². The van der Waals surface area contributed by atoms with Gasteiger partial charge in [-0.3, -0.25) is 9.69 Å². The first kappa shape index (κ1) is 15.8. The van der Waals surface area contributed by atoms with E-state index in [1.165, 1.54) is 12.8 Å². The van der Waals surface area contributed by atoms with Gasteiger partial charge < -0.3 is 15.8 Å². The highest BCUT2D eigenvalue weighted by Gasteiger charge is 2.33. The summed E-state index contributed by atoms with van der Waals surface area (Å²) in [4.78, 5) is 14.1. The standard InChI is InChI=1S/C16H25N3O2/c1-19(14(9-17)12-7-8-12)11-16(20)18-10-13-5-3-4-6-15(13)21-2/h3-6,12,14H,7-11,17H2,1-2H3,(H,18,20). The maximum atomic E-state index is 12.1. The number of rotatable bonds is 8. The van der Waals surface area contributed by atoms with E-state index in [-0.39, 0.29) is 5.91 Å². The molecule has 0 aromatic heterocycles. The smallest absolute Gasteiger partial charge is 0.234 e. The molecule has 1 unspecified atom stereocenters. The molecular weight excluding hydrogens is 266 g/mol. The molecule has 1 aromatic carbocycles. The Morgan fingerprint density at radius 3 is 2.81 bits per heavy atom. The Hall–Kier alpha value is -1.59. The van der Waals surface area contributed by atoms with Gasteiger partial charge in [0.25, 0.3) is 0 Å². The third-order valence-corrected chi connectivity index (χ3v) is 4.04. The van der Waals surface area contributed by atoms with Crippen LogP contribution >= 0.6 is 0 Å². The maximum absolute atomic E-state index is 12.1. The number of carbonyl (C=O) groups excluding carboxylic acids is 1. The molecule has 1 atom stereocenters. The number of benzene rings is 1. The number of hydrogen-bond acceptors (Lipinski definition) is 4. The molecule has 2 rings (SSSR count). The second-order valence-electron chi connectivity index (χ2n) is 5.64. The minimum Gasteiger partial charge on any atom is -0.496 e. The molecule has 1 saturated carbocycles. The highest BCUT2D eigenvalue weighted by atomic mass is 16.5. The van der Waals surface area contributed by atoms with Crippen LogP contribution in [0.15, 0.2) is 24.3 Å². The number of likely N-dealkylation sites (N-methyl/N-ethyl adjacent to an activating group) is 1. The van der Waals surface area contributed by atoms with Crippen molar-refractivity contribution in [1.29, 1.82) is 0 Å². The first-order valence-corrected chi connectivity index (χ1v) is 7.44. The number of nitrogens with two attached hydrogens (primary N) is 1. The molecule has 0 radical (unpaired) electrons. The number of para-hydroxylation sites is 1. The number of amides is 1. The van der Waals surface area contributed by atoms with Crippen LogP contribution in [0.5, 0.6) is 5.75 Å². The third-order valence-electron chi connectivity index (χ3n) is 4.04. The molecule has 0 saturated heterocycles. The molecule has 3 N–H and O–H groups in total. The first-order chi connectivity index (χ1) is 10.2. The van der Waals surface area contributed by atoms with Crippen LogP contribution in [0.1, 0.15) is 18.4 Å². The first-order valence-electron chi connectivity index (χ1n) is 7.44. The van der Waals surface area contributed by atoms with E-state index in [2.05, 4.69) is 10.2 Å². The summed E-state index contributed by atoms with van der Waals surface area (Å²) >= 11 is 0. The monoisotopic (exact) mass is 291 g/mol. The second-order valence-corrected chi connectivity index (χ2v) is 5.64. The molecule has 21 heavy (non-hydrogen) atoms. The summed E-state index contributed by atoms with van der Waals surface area (Å²) in [7, 11) is 3.61. The fraction of sp³-hybridized carbons (Fsp3) is 0.562. The fourth-order valence-electron chi connectivity index (χ4n) is 2.66. The van der Waals surface area contributed by atoms with Crippen LogP contribution in [-0.4, -0.2) is 44.1 Å². The van der Waals surface area contributed by atoms with Gasteiger partial charge in [0.2, 0.25) is 5.91 Å². The van der Waals surface area contributed by atoms with Gasteiger partial charge in [0.15, 0.2) is 0 Å². The zero-order valence-corrected chi connectivity index (χ0v) is 12.8. The summed E-state index contributed by atoms with van der Waals surface area (Å²) in [5.41, 5.74) is 6.78. The zero-order chi connectivity index (χ0) is 15.2. The van der Waals surface area contributed by atoms with Crippen LogP contribution in [-0.2, 0) is 11.3 Å². The van der Waals surface area contributed by atoms with Gasteiger partial charge in [-0.05, 0) is 31.9 Å². The van der Waals surface area contributed by atoms with Gasteiger partial charge in [-0.1, -0.05) is 18.2 Å². The molecule has 1 aromatic rings. The molecule has 5 heteroatoms. The van der Waals surface area contributed by atoms with Gasteiger partial charge in [-0.2, -0.15) is 0 Å². The molecule has 1 aliphatic rings. The third kappa shape index (κ3) is 4.44. The van der Waals surface area contributed by atoms with Crippen molar-refractivity contribution < 1.29 is 9.53 Å². The van der Waals surface area contributed by atoms with Gasteiger partial charge in [0.1, 0.15) is 5.75 Å². The van der Waals surface area contributed by atoms with Crippen LogP contribution in [0.2, 0.25) is 0 Å². The molecular formula is C16H25N3O2. The Morgan fingerprint density at radius 2 is 2.19 bits per heavy atom. The zero-order valence-electron chi connectivity index (χ0n) is 12.8. The summed E-state index contributed by atoms with van der Waals surface area (Å²) in [6, 6.07) is 8.02. The Labute approximate surface area is 126 Å². The largest absolute Gasteiger partial charge is 0.496 e. The molecule has 0 spiro atoms. The van der Waals surface area contributed by atoms with E-state index < -0.39 is 0 Å². The highest BCUT2D eigenvalue weighted by molar-refractivity contribution is 5.78. The molecule has 0 heterocycles. The van der Waals surface area contributed by atoms with Crippen molar-refractivity contribution in [3.8, 4) is 5.75 Å². The number of ether oxygens (including phenoxy) is 1. The molecule has 1 aliphatic carbocycles. The predicted molar refractivity (Wildman–Crippen MR) is 83.0 cm³/mol. The second kappa shape index (κ2) is 7.43. The lowest BCUT2D eigenvalue weighted by Gasteiger charge is -2.26. The van der Waals surface area contributed by atoms with E-state index >= 15 is 0 Å². The van der Waals surface area contributed by atoms with Crippen molar-refractivity contribution in [3.63, 3.8) is 0 Å². The summed E-state index contributed by atoms with van der Waals surface area (Å²) < 4.78 is 5.28. The predicted octanol–water partition coefficient (Wildman–Crippen LogP) is 0.981. The van der Waals surface area contributed by atoms with Gasteiger partial charge in [-0.15, -0.1) is 0 Å². The van der Waals surface area contributed by atoms with Crippen molar-refractivity contribution in [1.82, 2.24) is 10.2 Å². The average molecular weight is 291 g/mol. The van der Waals surface area contributed by atoms with Crippen LogP contribution in [0, 0.1) is 5.92 Å². The minimum atomic E-state index is 0.0162. The molecule has 0 aliphatic heterocycles. The summed E-state index contributed by atoms with van der Waals surface area (Å²) in [6.07, 6.45) is 2.46. The highest BCUT2D eigenvalue weighted by Crippen LogP contribution is 2.34. The molecule has 1 fully saturated rings. The SMILES string of the molecule is COc1ccccc1CNC(=O)CN(C)C(CN)C1CC1. The Bertz CT molecular complexity index is 474. The number of nitrogens with one attached hydrogen (secondary N) is 1. The van der Waals surface area contributed by atoms with Gasteiger partial charge in [0, 0.05) is 24.7 Å². The molecule has 5 nitrogen and oxygen atoms in total. The Balaban J connectivity index is 1.81. The van der Waals surface area contributed by atoms with Crippen molar-refractivity contribution in [3.05, 3.63) is 29.8 Å². The minimum absolute atomic E-state index is 0.0162. The maximum Gasteiger partial charge on any atom is 0.234 e. The van der Waals surface area contributed by atoms with Gasteiger partial charge >= 0.3 is 0 Å². The van der Waals surface area contributed by atoms with E-state index in [0.717, 1.165) is 11.3 Å². The van der Waals surface area contributed by atoms with E-state index in [9.17, 15) is 4.79 Å². The number of nitrogens with zero attached hydrogens (tertiary/aromatic N) is 1. The van der Waals surface area contributed by atoms with Gasteiger partial charge in [-0.25, -0.2) is 0 Å². The van der Waals surface area contributed by atoms with Crippen molar-refractivity contribution in [2.45, 2.75) is 25.4 Å². The normalized spacial score (nSPS) is 15.8. The van der Waals surface area contributed by atoms with Crippen molar-refractivity contribution >= 4 is 5.91 Å². The number of hydrogen-bond donors (Lipinski definition) is 2. The number of carbonyl (C=O) groups is 1.